The van der Waals surface area contributed by atoms with E-state index >= 15 is 0 Å². The predicted molar refractivity (Wildman–Crippen MR) is 74.9 cm³/mol. The Morgan fingerprint density at radius 3 is 2.86 bits per heavy atom. The van der Waals surface area contributed by atoms with Gasteiger partial charge in [0.25, 0.3) is 0 Å². The maximum absolute atomic E-state index is 12.7. The molecule has 1 aromatic rings. The number of nitrogens with zero attached hydrogens (tertiary/aromatic N) is 1. The lowest BCUT2D eigenvalue weighted by molar-refractivity contribution is -0.137. The highest BCUT2D eigenvalue weighted by Crippen LogP contribution is 2.31. The molecular weight excluding hydrogens is 281 g/mol. The fourth-order valence-electron chi connectivity index (χ4n) is 2.45. The first kappa shape index (κ1) is 15.4. The van der Waals surface area contributed by atoms with Gasteiger partial charge in [0.1, 0.15) is 0 Å². The summed E-state index contributed by atoms with van der Waals surface area (Å²) in [7, 11) is 0. The summed E-state index contributed by atoms with van der Waals surface area (Å²) in [5.41, 5.74) is -0.259. The lowest BCUT2D eigenvalue weighted by atomic mass is 10.0. The zero-order valence-electron chi connectivity index (χ0n) is 11.5. The number of hydrogen-bond donors (Lipinski definition) is 1. The summed E-state index contributed by atoms with van der Waals surface area (Å²) in [6.07, 6.45) is -1.46. The van der Waals surface area contributed by atoms with E-state index in [2.05, 4.69) is 11.9 Å². The highest BCUT2D eigenvalue weighted by Gasteiger charge is 2.30. The van der Waals surface area contributed by atoms with E-state index in [-0.39, 0.29) is 11.9 Å². The number of amides is 1. The molecule has 1 aliphatic heterocycles. The topological polar surface area (TPSA) is 32.3 Å². The Kier molecular flexibility index (Phi) is 4.55. The van der Waals surface area contributed by atoms with Crippen LogP contribution >= 0.6 is 0 Å². The summed E-state index contributed by atoms with van der Waals surface area (Å²) >= 11 is 0. The number of hydrogen-bond acceptors (Lipinski definition) is 2. The van der Waals surface area contributed by atoms with Crippen molar-refractivity contribution in [1.82, 2.24) is 4.90 Å². The van der Waals surface area contributed by atoms with Crippen molar-refractivity contribution in [3.8, 4) is 0 Å². The molecule has 1 amide bonds. The van der Waals surface area contributed by atoms with E-state index in [9.17, 15) is 18.0 Å². The van der Waals surface area contributed by atoms with Gasteiger partial charge in [-0.3, -0.25) is 4.79 Å². The molecule has 0 saturated carbocycles. The summed E-state index contributed by atoms with van der Waals surface area (Å²) in [4.78, 5) is 13.2. The summed E-state index contributed by atoms with van der Waals surface area (Å²) in [6, 6.07) is 5.06. The number of carbonyl (C=O) groups is 1. The van der Waals surface area contributed by atoms with Crippen LogP contribution < -0.4 is 5.32 Å². The van der Waals surface area contributed by atoms with Gasteiger partial charge >= 0.3 is 6.18 Å². The molecule has 0 unspecified atom stereocenters. The minimum atomic E-state index is -4.35. The number of benzene rings is 1. The zero-order chi connectivity index (χ0) is 15.5. The van der Waals surface area contributed by atoms with E-state index in [1.54, 1.807) is 11.0 Å². The molecule has 0 bridgehead atoms. The normalized spacial score (nSPS) is 19.2. The highest BCUT2D eigenvalue weighted by molar-refractivity contribution is 5.87. The van der Waals surface area contributed by atoms with Gasteiger partial charge in [-0.15, -0.1) is 0 Å². The van der Waals surface area contributed by atoms with Crippen LogP contribution in [0.15, 0.2) is 36.9 Å². The maximum atomic E-state index is 12.7. The van der Waals surface area contributed by atoms with Gasteiger partial charge in [-0.25, -0.2) is 0 Å². The van der Waals surface area contributed by atoms with E-state index in [4.69, 9.17) is 0 Å². The Balaban J connectivity index is 2.04. The molecule has 1 saturated heterocycles. The number of likely N-dealkylation sites (tertiary alicyclic amines) is 1. The average molecular weight is 298 g/mol. The van der Waals surface area contributed by atoms with E-state index in [0.717, 1.165) is 25.0 Å². The monoisotopic (exact) mass is 298 g/mol. The molecule has 3 nitrogen and oxygen atoms in total. The molecule has 1 atom stereocenters. The zero-order valence-corrected chi connectivity index (χ0v) is 11.5. The summed E-state index contributed by atoms with van der Waals surface area (Å²) in [5, 5.41) is 3.07. The van der Waals surface area contributed by atoms with Crippen LogP contribution in [0.25, 0.3) is 0 Å². The van der Waals surface area contributed by atoms with Crippen molar-refractivity contribution in [1.29, 1.82) is 0 Å². The van der Waals surface area contributed by atoms with Crippen LogP contribution in [0, 0.1) is 0 Å². The Morgan fingerprint density at radius 2 is 2.19 bits per heavy atom. The molecule has 2 rings (SSSR count). The van der Waals surface area contributed by atoms with Crippen molar-refractivity contribution in [3.05, 3.63) is 42.5 Å². The summed E-state index contributed by atoms with van der Waals surface area (Å²) < 4.78 is 38.0. The van der Waals surface area contributed by atoms with E-state index in [1.165, 1.54) is 12.1 Å². The van der Waals surface area contributed by atoms with Gasteiger partial charge in [0.2, 0.25) is 5.91 Å². The van der Waals surface area contributed by atoms with Crippen molar-refractivity contribution >= 4 is 11.6 Å². The first-order valence-electron chi connectivity index (χ1n) is 6.75. The second-order valence-electron chi connectivity index (χ2n) is 5.05. The van der Waals surface area contributed by atoms with Crippen molar-refractivity contribution < 1.29 is 18.0 Å². The minimum absolute atomic E-state index is 0.0499. The molecular formula is C15H17F3N2O. The van der Waals surface area contributed by atoms with Gasteiger partial charge in [0.15, 0.2) is 0 Å². The van der Waals surface area contributed by atoms with E-state index in [0.29, 0.717) is 18.8 Å². The van der Waals surface area contributed by atoms with E-state index < -0.39 is 11.7 Å². The number of alkyl halides is 3. The standard InChI is InChI=1S/C15H17F3N2O/c1-2-14(21)20-8-4-7-13(10-20)19-12-6-3-5-11(9-12)15(16,17)18/h2-3,5-6,9,13,19H,1,4,7-8,10H2/t13-/m0/s1. The molecule has 1 aliphatic rings. The van der Waals surface area contributed by atoms with Crippen LogP contribution in [-0.4, -0.2) is 29.9 Å². The predicted octanol–water partition coefficient (Wildman–Crippen LogP) is 3.29. The van der Waals surface area contributed by atoms with Crippen LogP contribution in [0.1, 0.15) is 18.4 Å². The molecule has 1 heterocycles. The van der Waals surface area contributed by atoms with Crippen LogP contribution in [0.4, 0.5) is 18.9 Å². The van der Waals surface area contributed by atoms with Crippen LogP contribution in [0.5, 0.6) is 0 Å². The Hall–Kier alpha value is -1.98. The molecule has 1 aromatic carbocycles. The van der Waals surface area contributed by atoms with Gasteiger partial charge in [-0.2, -0.15) is 13.2 Å². The second-order valence-corrected chi connectivity index (χ2v) is 5.05. The van der Waals surface area contributed by atoms with Gasteiger partial charge in [-0.05, 0) is 37.1 Å². The van der Waals surface area contributed by atoms with Crippen molar-refractivity contribution in [2.24, 2.45) is 0 Å². The van der Waals surface area contributed by atoms with Crippen molar-refractivity contribution in [2.45, 2.75) is 25.1 Å². The first-order chi connectivity index (χ1) is 9.90. The quantitative estimate of drug-likeness (QED) is 0.868. The molecule has 6 heteroatoms. The van der Waals surface area contributed by atoms with Gasteiger partial charge in [0, 0.05) is 24.8 Å². The lowest BCUT2D eigenvalue weighted by Crippen LogP contribution is -2.44. The maximum Gasteiger partial charge on any atom is 0.416 e. The largest absolute Gasteiger partial charge is 0.416 e. The van der Waals surface area contributed by atoms with Gasteiger partial charge in [-0.1, -0.05) is 12.6 Å². The van der Waals surface area contributed by atoms with Gasteiger partial charge < -0.3 is 10.2 Å². The van der Waals surface area contributed by atoms with Crippen LogP contribution in [0.3, 0.4) is 0 Å². The minimum Gasteiger partial charge on any atom is -0.381 e. The fourth-order valence-corrected chi connectivity index (χ4v) is 2.45. The molecule has 0 radical (unpaired) electrons. The molecule has 114 valence electrons. The van der Waals surface area contributed by atoms with Crippen LogP contribution in [0.2, 0.25) is 0 Å². The molecule has 0 spiro atoms. The van der Waals surface area contributed by atoms with Crippen molar-refractivity contribution in [3.63, 3.8) is 0 Å². The Labute approximate surface area is 121 Å². The summed E-state index contributed by atoms with van der Waals surface area (Å²) in [5.74, 6) is -0.148. The average Bonchev–Trinajstić information content (AvgIpc) is 2.46. The van der Waals surface area contributed by atoms with Gasteiger partial charge in [0.05, 0.1) is 5.56 Å². The molecule has 0 aromatic heterocycles. The third-order valence-corrected chi connectivity index (χ3v) is 3.47. The number of rotatable bonds is 3. The number of halogens is 3. The first-order valence-corrected chi connectivity index (χ1v) is 6.75. The smallest absolute Gasteiger partial charge is 0.381 e. The van der Waals surface area contributed by atoms with E-state index in [1.807, 2.05) is 0 Å². The molecule has 1 fully saturated rings. The fraction of sp³-hybridized carbons (Fsp3) is 0.400. The number of piperidine rings is 1. The molecule has 1 N–H and O–H groups in total. The Morgan fingerprint density at radius 1 is 1.43 bits per heavy atom. The second kappa shape index (κ2) is 6.20. The number of nitrogens with one attached hydrogen (secondary N) is 1. The number of anilines is 1. The van der Waals surface area contributed by atoms with Crippen molar-refractivity contribution in [2.75, 3.05) is 18.4 Å². The highest BCUT2D eigenvalue weighted by atomic mass is 19.4. The molecule has 21 heavy (non-hydrogen) atoms. The SMILES string of the molecule is C=CC(=O)N1CCC[C@H](Nc2cccc(C(F)(F)F)c2)C1. The Bertz CT molecular complexity index is 528. The third-order valence-electron chi connectivity index (χ3n) is 3.47. The van der Waals surface area contributed by atoms with Crippen LogP contribution in [-0.2, 0) is 11.0 Å². The number of carbonyl (C=O) groups excluding carboxylic acids is 1. The third kappa shape index (κ3) is 4.00. The summed E-state index contributed by atoms with van der Waals surface area (Å²) in [6.45, 7) is 4.58. The molecule has 0 aliphatic carbocycles. The lowest BCUT2D eigenvalue weighted by Gasteiger charge is -2.33.